The van der Waals surface area contributed by atoms with Gasteiger partial charge in [0.15, 0.2) is 0 Å². The smallest absolute Gasteiger partial charge is 0.0410 e. The average molecular weight is 299 g/mol. The van der Waals surface area contributed by atoms with Crippen LogP contribution in [0.15, 0.2) is 22.9 Å². The molecule has 0 fully saturated rings. The summed E-state index contributed by atoms with van der Waals surface area (Å²) in [5, 5.41) is 3.46. The lowest BCUT2D eigenvalue weighted by atomic mass is 10.1. The fraction of sp³-hybridized carbons (Fsp3) is 0.643. The molecule has 0 amide bonds. The zero-order valence-corrected chi connectivity index (χ0v) is 12.3. The zero-order valence-electron chi connectivity index (χ0n) is 10.7. The van der Waals surface area contributed by atoms with Gasteiger partial charge in [-0.05, 0) is 40.5 Å². The van der Waals surface area contributed by atoms with E-state index in [1.165, 1.54) is 44.1 Å². The third-order valence-corrected chi connectivity index (χ3v) is 3.23. The van der Waals surface area contributed by atoms with E-state index >= 15 is 0 Å². The molecule has 2 nitrogen and oxygen atoms in total. The van der Waals surface area contributed by atoms with Crippen LogP contribution in [-0.4, -0.2) is 11.5 Å². The molecule has 1 rings (SSSR count). The van der Waals surface area contributed by atoms with Gasteiger partial charge in [0.2, 0.25) is 0 Å². The molecule has 96 valence electrons. The lowest BCUT2D eigenvalue weighted by Crippen LogP contribution is -2.14. The normalized spacial score (nSPS) is 10.7. The predicted octanol–water partition coefficient (Wildman–Crippen LogP) is 4.29. The molecular weight excluding hydrogens is 276 g/mol. The van der Waals surface area contributed by atoms with Crippen LogP contribution in [0.1, 0.15) is 51.0 Å². The molecule has 0 aliphatic rings. The molecule has 0 saturated carbocycles. The first kappa shape index (κ1) is 14.7. The number of nitrogens with one attached hydrogen (secondary N) is 1. The summed E-state index contributed by atoms with van der Waals surface area (Å²) in [4.78, 5) is 4.15. The van der Waals surface area contributed by atoms with Crippen molar-refractivity contribution in [2.24, 2.45) is 0 Å². The molecule has 17 heavy (non-hydrogen) atoms. The van der Waals surface area contributed by atoms with Gasteiger partial charge in [-0.1, -0.05) is 39.0 Å². The van der Waals surface area contributed by atoms with E-state index in [2.05, 4.69) is 39.2 Å². The molecule has 1 aromatic heterocycles. The first-order valence-corrected chi connectivity index (χ1v) is 7.42. The van der Waals surface area contributed by atoms with Crippen LogP contribution in [0.5, 0.6) is 0 Å². The highest BCUT2D eigenvalue weighted by Crippen LogP contribution is 2.09. The Morgan fingerprint density at radius 3 is 2.65 bits per heavy atom. The summed E-state index contributed by atoms with van der Waals surface area (Å²) < 4.78 is 1.05. The second-order valence-corrected chi connectivity index (χ2v) is 5.37. The van der Waals surface area contributed by atoms with E-state index in [9.17, 15) is 0 Å². The van der Waals surface area contributed by atoms with Crippen molar-refractivity contribution < 1.29 is 0 Å². The van der Waals surface area contributed by atoms with Gasteiger partial charge in [-0.15, -0.1) is 0 Å². The Morgan fingerprint density at radius 1 is 1.12 bits per heavy atom. The van der Waals surface area contributed by atoms with Gasteiger partial charge in [0, 0.05) is 23.4 Å². The number of aromatic nitrogens is 1. The Hall–Kier alpha value is -0.410. The molecule has 1 aromatic rings. The molecule has 0 atom stereocenters. The molecule has 1 heterocycles. The Balaban J connectivity index is 1.97. The molecule has 0 unspecified atom stereocenters. The molecule has 3 heteroatoms. The molecular formula is C14H23BrN2. The van der Waals surface area contributed by atoms with Crippen LogP contribution in [0.4, 0.5) is 0 Å². The van der Waals surface area contributed by atoms with Crippen LogP contribution >= 0.6 is 15.9 Å². The third-order valence-electron chi connectivity index (χ3n) is 2.80. The summed E-state index contributed by atoms with van der Waals surface area (Å²) >= 11 is 3.43. The summed E-state index contributed by atoms with van der Waals surface area (Å²) in [6, 6.07) is 2.11. The predicted molar refractivity (Wildman–Crippen MR) is 77.0 cm³/mol. The number of nitrogens with zero attached hydrogens (tertiary/aromatic N) is 1. The highest BCUT2D eigenvalue weighted by molar-refractivity contribution is 9.10. The third kappa shape index (κ3) is 7.50. The van der Waals surface area contributed by atoms with Crippen molar-refractivity contribution >= 4 is 15.9 Å². The van der Waals surface area contributed by atoms with Crippen LogP contribution in [-0.2, 0) is 6.54 Å². The molecule has 0 saturated heterocycles. The highest BCUT2D eigenvalue weighted by atomic mass is 79.9. The number of rotatable bonds is 9. The topological polar surface area (TPSA) is 24.9 Å². The molecule has 0 radical (unpaired) electrons. The average Bonchev–Trinajstić information content (AvgIpc) is 2.33. The van der Waals surface area contributed by atoms with Crippen LogP contribution in [0.25, 0.3) is 0 Å². The number of pyridine rings is 1. The Labute approximate surface area is 113 Å². The van der Waals surface area contributed by atoms with Crippen molar-refractivity contribution in [3.63, 3.8) is 0 Å². The van der Waals surface area contributed by atoms with Gasteiger partial charge in [0.05, 0.1) is 0 Å². The van der Waals surface area contributed by atoms with Gasteiger partial charge >= 0.3 is 0 Å². The maximum absolute atomic E-state index is 4.15. The minimum absolute atomic E-state index is 0.918. The quantitative estimate of drug-likeness (QED) is 0.688. The number of halogens is 1. The lowest BCUT2D eigenvalue weighted by molar-refractivity contribution is 0.571. The minimum Gasteiger partial charge on any atom is -0.313 e. The first-order chi connectivity index (χ1) is 8.33. The Bertz CT molecular complexity index is 302. The molecule has 0 aliphatic carbocycles. The number of hydrogen-bond donors (Lipinski definition) is 1. The molecule has 1 N–H and O–H groups in total. The number of unbranched alkanes of at least 4 members (excludes halogenated alkanes) is 5. The second kappa shape index (κ2) is 9.60. The first-order valence-electron chi connectivity index (χ1n) is 6.63. The van der Waals surface area contributed by atoms with E-state index in [0.29, 0.717) is 0 Å². The zero-order chi connectivity index (χ0) is 12.3. The fourth-order valence-electron chi connectivity index (χ4n) is 1.82. The molecule has 0 bridgehead atoms. The van der Waals surface area contributed by atoms with E-state index in [-0.39, 0.29) is 0 Å². The van der Waals surface area contributed by atoms with E-state index < -0.39 is 0 Å². The summed E-state index contributed by atoms with van der Waals surface area (Å²) in [6.45, 7) is 4.29. The summed E-state index contributed by atoms with van der Waals surface area (Å²) in [6.07, 6.45) is 11.9. The van der Waals surface area contributed by atoms with Crippen LogP contribution in [0, 0.1) is 0 Å². The second-order valence-electron chi connectivity index (χ2n) is 4.46. The Morgan fingerprint density at radius 2 is 1.88 bits per heavy atom. The maximum atomic E-state index is 4.15. The van der Waals surface area contributed by atoms with Gasteiger partial charge in [-0.25, -0.2) is 0 Å². The van der Waals surface area contributed by atoms with Crippen LogP contribution in [0.3, 0.4) is 0 Å². The molecule has 0 aliphatic heterocycles. The van der Waals surface area contributed by atoms with Crippen LogP contribution in [0.2, 0.25) is 0 Å². The standard InChI is InChI=1S/C14H23BrN2/c1-2-3-4-5-6-7-8-16-10-13-9-14(15)12-17-11-13/h9,11-12,16H,2-8,10H2,1H3. The van der Waals surface area contributed by atoms with Crippen molar-refractivity contribution in [3.05, 3.63) is 28.5 Å². The van der Waals surface area contributed by atoms with Crippen molar-refractivity contribution in [3.8, 4) is 0 Å². The maximum Gasteiger partial charge on any atom is 0.0410 e. The fourth-order valence-corrected chi connectivity index (χ4v) is 2.23. The number of hydrogen-bond acceptors (Lipinski definition) is 2. The largest absolute Gasteiger partial charge is 0.313 e. The van der Waals surface area contributed by atoms with Gasteiger partial charge < -0.3 is 5.32 Å². The van der Waals surface area contributed by atoms with E-state index in [1.807, 2.05) is 12.4 Å². The van der Waals surface area contributed by atoms with Gasteiger partial charge in [-0.2, -0.15) is 0 Å². The molecule has 0 aromatic carbocycles. The summed E-state index contributed by atoms with van der Waals surface area (Å²) in [5.41, 5.74) is 1.24. The summed E-state index contributed by atoms with van der Waals surface area (Å²) in [7, 11) is 0. The van der Waals surface area contributed by atoms with Crippen LogP contribution < -0.4 is 5.32 Å². The monoisotopic (exact) mass is 298 g/mol. The van der Waals surface area contributed by atoms with Gasteiger partial charge in [0.1, 0.15) is 0 Å². The van der Waals surface area contributed by atoms with Gasteiger partial charge in [0.25, 0.3) is 0 Å². The van der Waals surface area contributed by atoms with E-state index in [0.717, 1.165) is 17.6 Å². The summed E-state index contributed by atoms with van der Waals surface area (Å²) in [5.74, 6) is 0. The minimum atomic E-state index is 0.918. The van der Waals surface area contributed by atoms with E-state index in [1.54, 1.807) is 0 Å². The van der Waals surface area contributed by atoms with Crippen molar-refractivity contribution in [2.45, 2.75) is 52.0 Å². The molecule has 0 spiro atoms. The van der Waals surface area contributed by atoms with Crippen molar-refractivity contribution in [1.82, 2.24) is 10.3 Å². The Kier molecular flexibility index (Phi) is 8.28. The highest BCUT2D eigenvalue weighted by Gasteiger charge is 1.94. The van der Waals surface area contributed by atoms with Crippen molar-refractivity contribution in [1.29, 1.82) is 0 Å². The van der Waals surface area contributed by atoms with Gasteiger partial charge in [-0.3, -0.25) is 4.98 Å². The van der Waals surface area contributed by atoms with Crippen molar-refractivity contribution in [2.75, 3.05) is 6.54 Å². The van der Waals surface area contributed by atoms with E-state index in [4.69, 9.17) is 0 Å². The SMILES string of the molecule is CCCCCCCCNCc1cncc(Br)c1. The lowest BCUT2D eigenvalue weighted by Gasteiger charge is -2.05.